The van der Waals surface area contributed by atoms with Crippen molar-refractivity contribution in [3.05, 3.63) is 0 Å². The lowest BCUT2D eigenvalue weighted by molar-refractivity contribution is -0.138. The molecule has 0 spiro atoms. The third kappa shape index (κ3) is 2.57. The van der Waals surface area contributed by atoms with Crippen molar-refractivity contribution in [1.29, 1.82) is 0 Å². The Bertz CT molecular complexity index is 248. The van der Waals surface area contributed by atoms with Crippen molar-refractivity contribution >= 4 is 5.91 Å². The summed E-state index contributed by atoms with van der Waals surface area (Å²) in [5.74, 6) is 2.15. The lowest BCUT2D eigenvalue weighted by Crippen LogP contribution is -2.46. The summed E-state index contributed by atoms with van der Waals surface area (Å²) in [6.45, 7) is 8.55. The first-order chi connectivity index (χ1) is 7.68. The van der Waals surface area contributed by atoms with Crippen LogP contribution >= 0.6 is 0 Å². The van der Waals surface area contributed by atoms with Crippen LogP contribution < -0.4 is 5.32 Å². The van der Waals surface area contributed by atoms with Crippen LogP contribution in [0, 0.1) is 17.8 Å². The maximum Gasteiger partial charge on any atom is 0.225 e. The summed E-state index contributed by atoms with van der Waals surface area (Å²) in [6.07, 6.45) is 3.23. The van der Waals surface area contributed by atoms with Crippen LogP contribution in [0.5, 0.6) is 0 Å². The number of hydrogen-bond donors (Lipinski definition) is 1. The van der Waals surface area contributed by atoms with Crippen molar-refractivity contribution in [3.8, 4) is 0 Å². The van der Waals surface area contributed by atoms with Crippen molar-refractivity contribution in [1.82, 2.24) is 10.2 Å². The van der Waals surface area contributed by atoms with E-state index >= 15 is 0 Å². The van der Waals surface area contributed by atoms with Crippen molar-refractivity contribution in [2.45, 2.75) is 33.1 Å². The Kier molecular flexibility index (Phi) is 3.85. The standard InChI is InChI=1S/C13H24N2O/c1-10-5-8-15(9-11(10)2)13(16)12-3-6-14-7-4-12/h10-12,14H,3-9H2,1-2H3. The van der Waals surface area contributed by atoms with E-state index in [0.717, 1.165) is 44.9 Å². The lowest BCUT2D eigenvalue weighted by atomic mass is 9.87. The predicted octanol–water partition coefficient (Wildman–Crippen LogP) is 1.49. The van der Waals surface area contributed by atoms with Crippen LogP contribution in [0.4, 0.5) is 0 Å². The normalized spacial score (nSPS) is 32.8. The Morgan fingerprint density at radius 2 is 1.81 bits per heavy atom. The van der Waals surface area contributed by atoms with Gasteiger partial charge in [0.15, 0.2) is 0 Å². The third-order valence-corrected chi connectivity index (χ3v) is 4.33. The van der Waals surface area contributed by atoms with Gasteiger partial charge in [-0.1, -0.05) is 13.8 Å². The summed E-state index contributed by atoms with van der Waals surface area (Å²) in [5, 5.41) is 3.32. The first kappa shape index (κ1) is 11.9. The van der Waals surface area contributed by atoms with E-state index in [0.29, 0.717) is 17.7 Å². The van der Waals surface area contributed by atoms with Crippen molar-refractivity contribution in [2.24, 2.45) is 17.8 Å². The van der Waals surface area contributed by atoms with E-state index in [2.05, 4.69) is 24.1 Å². The van der Waals surface area contributed by atoms with Gasteiger partial charge in [-0.15, -0.1) is 0 Å². The van der Waals surface area contributed by atoms with Gasteiger partial charge in [-0.2, -0.15) is 0 Å². The Balaban J connectivity index is 1.89. The molecule has 2 heterocycles. The van der Waals surface area contributed by atoms with Gasteiger partial charge in [-0.05, 0) is 44.2 Å². The highest BCUT2D eigenvalue weighted by molar-refractivity contribution is 5.79. The summed E-state index contributed by atoms with van der Waals surface area (Å²) < 4.78 is 0. The van der Waals surface area contributed by atoms with Gasteiger partial charge in [0.2, 0.25) is 5.91 Å². The summed E-state index contributed by atoms with van der Waals surface area (Å²) in [4.78, 5) is 14.4. The molecular weight excluding hydrogens is 200 g/mol. The molecule has 0 aromatic heterocycles. The third-order valence-electron chi connectivity index (χ3n) is 4.33. The van der Waals surface area contributed by atoms with Gasteiger partial charge in [-0.25, -0.2) is 0 Å². The molecule has 2 aliphatic rings. The number of likely N-dealkylation sites (tertiary alicyclic amines) is 1. The highest BCUT2D eigenvalue weighted by Crippen LogP contribution is 2.25. The summed E-state index contributed by atoms with van der Waals surface area (Å²) in [7, 11) is 0. The molecule has 0 radical (unpaired) electrons. The minimum absolute atomic E-state index is 0.293. The molecule has 3 nitrogen and oxygen atoms in total. The van der Waals surface area contributed by atoms with Gasteiger partial charge in [0.1, 0.15) is 0 Å². The van der Waals surface area contributed by atoms with E-state index in [1.807, 2.05) is 0 Å². The van der Waals surface area contributed by atoms with Crippen LogP contribution in [0.15, 0.2) is 0 Å². The Morgan fingerprint density at radius 3 is 2.44 bits per heavy atom. The van der Waals surface area contributed by atoms with E-state index in [-0.39, 0.29) is 0 Å². The lowest BCUT2D eigenvalue weighted by Gasteiger charge is -2.37. The molecule has 2 rings (SSSR count). The molecule has 0 aliphatic carbocycles. The predicted molar refractivity (Wildman–Crippen MR) is 65.1 cm³/mol. The van der Waals surface area contributed by atoms with Crippen LogP contribution in [0.1, 0.15) is 33.1 Å². The maximum absolute atomic E-state index is 12.3. The molecule has 2 saturated heterocycles. The van der Waals surface area contributed by atoms with Gasteiger partial charge < -0.3 is 10.2 Å². The zero-order valence-electron chi connectivity index (χ0n) is 10.5. The van der Waals surface area contributed by atoms with Gasteiger partial charge in [0.05, 0.1) is 0 Å². The maximum atomic E-state index is 12.3. The molecule has 2 unspecified atom stereocenters. The second-order valence-electron chi connectivity index (χ2n) is 5.55. The molecule has 0 bridgehead atoms. The fraction of sp³-hybridized carbons (Fsp3) is 0.923. The van der Waals surface area contributed by atoms with Gasteiger partial charge >= 0.3 is 0 Å². The number of carbonyl (C=O) groups excluding carboxylic acids is 1. The van der Waals surface area contributed by atoms with Gasteiger partial charge in [0, 0.05) is 19.0 Å². The SMILES string of the molecule is CC1CCN(C(=O)C2CCNCC2)CC1C. The van der Waals surface area contributed by atoms with E-state index in [1.54, 1.807) is 0 Å². The van der Waals surface area contributed by atoms with Crippen molar-refractivity contribution < 1.29 is 4.79 Å². The zero-order valence-corrected chi connectivity index (χ0v) is 10.5. The average molecular weight is 224 g/mol. The smallest absolute Gasteiger partial charge is 0.225 e. The number of nitrogens with one attached hydrogen (secondary N) is 1. The fourth-order valence-electron chi connectivity index (χ4n) is 2.79. The topological polar surface area (TPSA) is 32.3 Å². The molecule has 2 atom stereocenters. The zero-order chi connectivity index (χ0) is 11.5. The second-order valence-corrected chi connectivity index (χ2v) is 5.55. The molecule has 1 amide bonds. The number of nitrogens with zero attached hydrogens (tertiary/aromatic N) is 1. The molecule has 2 aliphatic heterocycles. The number of carbonyl (C=O) groups is 1. The van der Waals surface area contributed by atoms with E-state index in [4.69, 9.17) is 0 Å². The quantitative estimate of drug-likeness (QED) is 0.732. The molecule has 0 saturated carbocycles. The molecule has 1 N–H and O–H groups in total. The van der Waals surface area contributed by atoms with Crippen LogP contribution in [0.2, 0.25) is 0 Å². The monoisotopic (exact) mass is 224 g/mol. The minimum Gasteiger partial charge on any atom is -0.342 e. The molecule has 16 heavy (non-hydrogen) atoms. The van der Waals surface area contributed by atoms with Crippen LogP contribution in [0.3, 0.4) is 0 Å². The van der Waals surface area contributed by atoms with Gasteiger partial charge in [-0.3, -0.25) is 4.79 Å². The largest absolute Gasteiger partial charge is 0.342 e. The minimum atomic E-state index is 0.293. The second kappa shape index (κ2) is 5.17. The number of hydrogen-bond acceptors (Lipinski definition) is 2. The highest BCUT2D eigenvalue weighted by atomic mass is 16.2. The molecule has 2 fully saturated rings. The number of rotatable bonds is 1. The molecular formula is C13H24N2O. The first-order valence-electron chi connectivity index (χ1n) is 6.68. The Hall–Kier alpha value is -0.570. The Labute approximate surface area is 98.6 Å². The Morgan fingerprint density at radius 1 is 1.12 bits per heavy atom. The number of amides is 1. The highest BCUT2D eigenvalue weighted by Gasteiger charge is 2.30. The summed E-state index contributed by atoms with van der Waals surface area (Å²) in [6, 6.07) is 0. The molecule has 0 aromatic carbocycles. The molecule has 92 valence electrons. The van der Waals surface area contributed by atoms with Crippen LogP contribution in [0.25, 0.3) is 0 Å². The van der Waals surface area contributed by atoms with Crippen LogP contribution in [-0.4, -0.2) is 37.0 Å². The molecule has 3 heteroatoms. The van der Waals surface area contributed by atoms with Crippen molar-refractivity contribution in [2.75, 3.05) is 26.2 Å². The fourth-order valence-corrected chi connectivity index (χ4v) is 2.79. The van der Waals surface area contributed by atoms with E-state index in [9.17, 15) is 4.79 Å². The van der Waals surface area contributed by atoms with E-state index in [1.165, 1.54) is 6.42 Å². The summed E-state index contributed by atoms with van der Waals surface area (Å²) in [5.41, 5.74) is 0. The average Bonchev–Trinajstić information content (AvgIpc) is 2.33. The molecule has 0 aromatic rings. The first-order valence-corrected chi connectivity index (χ1v) is 6.68. The van der Waals surface area contributed by atoms with Crippen LogP contribution in [-0.2, 0) is 4.79 Å². The number of piperidine rings is 2. The summed E-state index contributed by atoms with van der Waals surface area (Å²) >= 11 is 0. The van der Waals surface area contributed by atoms with E-state index < -0.39 is 0 Å². The van der Waals surface area contributed by atoms with Crippen molar-refractivity contribution in [3.63, 3.8) is 0 Å². The van der Waals surface area contributed by atoms with Gasteiger partial charge in [0.25, 0.3) is 0 Å².